The van der Waals surface area contributed by atoms with Gasteiger partial charge in [0, 0.05) is 38.6 Å². The molecule has 1 amide bonds. The summed E-state index contributed by atoms with van der Waals surface area (Å²) in [7, 11) is 0. The molecule has 2 unspecified atom stereocenters. The van der Waals surface area contributed by atoms with Crippen LogP contribution < -0.4 is 5.32 Å². The Bertz CT molecular complexity index is 523. The first-order chi connectivity index (χ1) is 11.7. The molecule has 1 N–H and O–H groups in total. The van der Waals surface area contributed by atoms with Gasteiger partial charge in [0.2, 0.25) is 5.91 Å². The van der Waals surface area contributed by atoms with Crippen molar-refractivity contribution in [2.24, 2.45) is 5.92 Å². The van der Waals surface area contributed by atoms with Crippen LogP contribution >= 0.6 is 24.8 Å². The fourth-order valence-corrected chi connectivity index (χ4v) is 3.86. The molecule has 2 atom stereocenters. The molecule has 1 aromatic carbocycles. The summed E-state index contributed by atoms with van der Waals surface area (Å²) >= 11 is 0. The van der Waals surface area contributed by atoms with Crippen molar-refractivity contribution in [1.29, 1.82) is 0 Å². The minimum Gasteiger partial charge on any atom is -0.341 e. The number of nitrogens with zero attached hydrogens (tertiary/aromatic N) is 2. The molecule has 1 aromatic rings. The van der Waals surface area contributed by atoms with E-state index in [0.29, 0.717) is 17.9 Å². The highest BCUT2D eigenvalue weighted by molar-refractivity contribution is 5.85. The third-order valence-corrected chi connectivity index (χ3v) is 5.61. The second kappa shape index (κ2) is 11.8. The van der Waals surface area contributed by atoms with Gasteiger partial charge in [-0.2, -0.15) is 0 Å². The van der Waals surface area contributed by atoms with E-state index in [1.807, 2.05) is 0 Å². The van der Waals surface area contributed by atoms with Gasteiger partial charge in [0.05, 0.1) is 0 Å². The largest absolute Gasteiger partial charge is 0.341 e. The van der Waals surface area contributed by atoms with Crippen LogP contribution in [0.5, 0.6) is 0 Å². The van der Waals surface area contributed by atoms with E-state index in [1.165, 1.54) is 12.0 Å². The van der Waals surface area contributed by atoms with E-state index in [2.05, 4.69) is 52.4 Å². The van der Waals surface area contributed by atoms with E-state index in [0.717, 1.165) is 58.5 Å². The molecule has 0 spiro atoms. The molecular formula is C20H33Cl2N3O. The minimum atomic E-state index is 0. The van der Waals surface area contributed by atoms with E-state index in [-0.39, 0.29) is 24.8 Å². The van der Waals surface area contributed by atoms with Crippen molar-refractivity contribution in [2.75, 3.05) is 32.7 Å². The molecule has 0 aliphatic carbocycles. The summed E-state index contributed by atoms with van der Waals surface area (Å²) in [5, 5.41) is 3.39. The van der Waals surface area contributed by atoms with Crippen molar-refractivity contribution in [1.82, 2.24) is 15.1 Å². The maximum absolute atomic E-state index is 12.6. The average Bonchev–Trinajstić information content (AvgIpc) is 3.06. The summed E-state index contributed by atoms with van der Waals surface area (Å²) < 4.78 is 0. The fourth-order valence-electron chi connectivity index (χ4n) is 3.86. The number of hydrogen-bond donors (Lipinski definition) is 1. The van der Waals surface area contributed by atoms with E-state index < -0.39 is 0 Å². The van der Waals surface area contributed by atoms with E-state index in [4.69, 9.17) is 0 Å². The molecule has 2 heterocycles. The van der Waals surface area contributed by atoms with Gasteiger partial charge in [-0.25, -0.2) is 0 Å². The van der Waals surface area contributed by atoms with Crippen LogP contribution in [0.3, 0.4) is 0 Å². The molecule has 0 bridgehead atoms. The van der Waals surface area contributed by atoms with Gasteiger partial charge in [-0.3, -0.25) is 9.69 Å². The number of amides is 1. The standard InChI is InChI=1S/C20H31N3O.2ClH/c1-17-10-12-22(20(24)8-7-18-9-11-21-15-18)13-14-23(17)16-19-5-3-2-4-6-19;;/h2-6,17-18,21H,7-16H2,1H3;2*1H. The Morgan fingerprint density at radius 3 is 2.58 bits per heavy atom. The van der Waals surface area contributed by atoms with Gasteiger partial charge >= 0.3 is 0 Å². The number of halogens is 2. The first-order valence-electron chi connectivity index (χ1n) is 9.49. The van der Waals surface area contributed by atoms with Crippen LogP contribution in [0.25, 0.3) is 0 Å². The summed E-state index contributed by atoms with van der Waals surface area (Å²) in [4.78, 5) is 17.2. The van der Waals surface area contributed by atoms with Crippen molar-refractivity contribution in [3.63, 3.8) is 0 Å². The quantitative estimate of drug-likeness (QED) is 0.821. The molecule has 0 radical (unpaired) electrons. The van der Waals surface area contributed by atoms with Crippen LogP contribution in [0.1, 0.15) is 38.2 Å². The van der Waals surface area contributed by atoms with Crippen LogP contribution in [0.4, 0.5) is 0 Å². The Kier molecular flexibility index (Phi) is 10.6. The Balaban J connectivity index is 0.00000169. The lowest BCUT2D eigenvalue weighted by Crippen LogP contribution is -2.36. The second-order valence-corrected chi connectivity index (χ2v) is 7.37. The first kappa shape index (κ1) is 23.2. The number of carbonyl (C=O) groups excluding carboxylic acids is 1. The van der Waals surface area contributed by atoms with Gasteiger partial charge in [-0.1, -0.05) is 30.3 Å². The van der Waals surface area contributed by atoms with Crippen LogP contribution in [-0.2, 0) is 11.3 Å². The molecule has 4 nitrogen and oxygen atoms in total. The predicted octanol–water partition coefficient (Wildman–Crippen LogP) is 3.34. The molecule has 0 aromatic heterocycles. The molecule has 0 saturated carbocycles. The van der Waals surface area contributed by atoms with Gasteiger partial charge in [0.15, 0.2) is 0 Å². The van der Waals surface area contributed by atoms with Gasteiger partial charge in [0.1, 0.15) is 0 Å². The summed E-state index contributed by atoms with van der Waals surface area (Å²) in [5.74, 6) is 1.06. The normalized spacial score (nSPS) is 23.7. The number of carbonyl (C=O) groups is 1. The topological polar surface area (TPSA) is 35.6 Å². The zero-order valence-electron chi connectivity index (χ0n) is 15.7. The number of nitrogens with one attached hydrogen (secondary N) is 1. The zero-order chi connectivity index (χ0) is 16.8. The minimum absolute atomic E-state index is 0. The van der Waals surface area contributed by atoms with Crippen LogP contribution in [0.2, 0.25) is 0 Å². The third kappa shape index (κ3) is 6.73. The second-order valence-electron chi connectivity index (χ2n) is 7.37. The lowest BCUT2D eigenvalue weighted by Gasteiger charge is -2.26. The summed E-state index contributed by atoms with van der Waals surface area (Å²) in [5.41, 5.74) is 1.36. The van der Waals surface area contributed by atoms with Crippen LogP contribution in [0.15, 0.2) is 30.3 Å². The summed E-state index contributed by atoms with van der Waals surface area (Å²) in [6.45, 7) is 8.25. The molecule has 2 fully saturated rings. The van der Waals surface area contributed by atoms with Crippen molar-refractivity contribution in [3.05, 3.63) is 35.9 Å². The molecular weight excluding hydrogens is 369 g/mol. The van der Waals surface area contributed by atoms with Gasteiger partial charge in [0.25, 0.3) is 0 Å². The predicted molar refractivity (Wildman–Crippen MR) is 112 cm³/mol. The highest BCUT2D eigenvalue weighted by Gasteiger charge is 2.24. The fraction of sp³-hybridized carbons (Fsp3) is 0.650. The Morgan fingerprint density at radius 1 is 1.12 bits per heavy atom. The molecule has 26 heavy (non-hydrogen) atoms. The average molecular weight is 402 g/mol. The molecule has 2 saturated heterocycles. The maximum atomic E-state index is 12.6. The summed E-state index contributed by atoms with van der Waals surface area (Å²) in [6, 6.07) is 11.2. The van der Waals surface area contributed by atoms with Crippen molar-refractivity contribution >= 4 is 30.7 Å². The monoisotopic (exact) mass is 401 g/mol. The maximum Gasteiger partial charge on any atom is 0.222 e. The highest BCUT2D eigenvalue weighted by Crippen LogP contribution is 2.18. The molecule has 3 rings (SSSR count). The van der Waals surface area contributed by atoms with E-state index >= 15 is 0 Å². The van der Waals surface area contributed by atoms with Crippen molar-refractivity contribution < 1.29 is 4.79 Å². The molecule has 148 valence electrons. The SMILES string of the molecule is CC1CCN(C(=O)CCC2CCNC2)CCN1Cc1ccccc1.Cl.Cl. The van der Waals surface area contributed by atoms with Crippen molar-refractivity contribution in [3.8, 4) is 0 Å². The van der Waals surface area contributed by atoms with E-state index in [1.54, 1.807) is 0 Å². The Hall–Kier alpha value is -0.810. The number of hydrogen-bond acceptors (Lipinski definition) is 3. The van der Waals surface area contributed by atoms with Gasteiger partial charge in [-0.15, -0.1) is 24.8 Å². The number of benzene rings is 1. The molecule has 2 aliphatic heterocycles. The van der Waals surface area contributed by atoms with Crippen molar-refractivity contribution in [2.45, 2.75) is 45.2 Å². The van der Waals surface area contributed by atoms with Crippen LogP contribution in [0, 0.1) is 5.92 Å². The first-order valence-corrected chi connectivity index (χ1v) is 9.49. The van der Waals surface area contributed by atoms with Gasteiger partial charge < -0.3 is 10.2 Å². The zero-order valence-corrected chi connectivity index (χ0v) is 17.4. The Labute approximate surface area is 170 Å². The van der Waals surface area contributed by atoms with E-state index in [9.17, 15) is 4.79 Å². The van der Waals surface area contributed by atoms with Gasteiger partial charge in [-0.05, 0) is 50.8 Å². The smallest absolute Gasteiger partial charge is 0.222 e. The highest BCUT2D eigenvalue weighted by atomic mass is 35.5. The lowest BCUT2D eigenvalue weighted by molar-refractivity contribution is -0.131. The van der Waals surface area contributed by atoms with Crippen LogP contribution in [-0.4, -0.2) is 54.5 Å². The number of rotatable bonds is 5. The summed E-state index contributed by atoms with van der Waals surface area (Å²) in [6.07, 6.45) is 4.07. The Morgan fingerprint density at radius 2 is 1.88 bits per heavy atom. The lowest BCUT2D eigenvalue weighted by atomic mass is 10.0. The molecule has 2 aliphatic rings. The molecule has 6 heteroatoms. The third-order valence-electron chi connectivity index (χ3n) is 5.61.